The molecule has 0 aliphatic heterocycles. The van der Waals surface area contributed by atoms with E-state index in [1.165, 1.54) is 0 Å². The maximum absolute atomic E-state index is 12.9. The highest BCUT2D eigenvalue weighted by Crippen LogP contribution is 2.31. The van der Waals surface area contributed by atoms with Gasteiger partial charge in [-0.25, -0.2) is 5.43 Å². The number of anilines is 1. The summed E-state index contributed by atoms with van der Waals surface area (Å²) in [4.78, 5) is 25.3. The predicted molar refractivity (Wildman–Crippen MR) is 129 cm³/mol. The molecule has 0 radical (unpaired) electrons. The highest BCUT2D eigenvalue weighted by atomic mass is 79.9. The number of carbonyl (C=O) groups excluding carboxylic acids is 2. The van der Waals surface area contributed by atoms with Gasteiger partial charge in [0.15, 0.2) is 5.76 Å². The van der Waals surface area contributed by atoms with E-state index in [1.54, 1.807) is 49.4 Å². The quantitative estimate of drug-likeness (QED) is 0.381. The second-order valence-corrected chi connectivity index (χ2v) is 9.12. The number of hydrogen-bond donors (Lipinski definition) is 2. The molecule has 0 fully saturated rings. The van der Waals surface area contributed by atoms with Crippen molar-refractivity contribution in [2.24, 2.45) is 5.10 Å². The van der Waals surface area contributed by atoms with E-state index in [1.807, 2.05) is 0 Å². The lowest BCUT2D eigenvalue weighted by atomic mass is 9.93. The third kappa shape index (κ3) is 4.90. The van der Waals surface area contributed by atoms with Gasteiger partial charge in [0.2, 0.25) is 0 Å². The Bertz CT molecular complexity index is 1220. The minimum atomic E-state index is -0.409. The van der Waals surface area contributed by atoms with E-state index in [0.717, 1.165) is 16.5 Å². The van der Waals surface area contributed by atoms with E-state index in [2.05, 4.69) is 31.8 Å². The number of rotatable bonds is 4. The largest absolute Gasteiger partial charge is 0.455 e. The third-order valence-electron chi connectivity index (χ3n) is 5.05. The van der Waals surface area contributed by atoms with Crippen LogP contribution in [-0.4, -0.2) is 17.5 Å². The number of halogens is 3. The molecule has 0 spiro atoms. The standard InChI is InChI=1S/C23H18BrCl2N3O3/c1-12-20-18(28-29-22(30)13-5-7-14(24)8-6-13)3-2-4-19(20)32-21(12)23(31)27-17-10-15(25)9-16(26)11-17/h5-11H,2-4H2,1H3,(H,27,31)(H,29,30)/b28-18+. The van der Waals surface area contributed by atoms with Gasteiger partial charge in [-0.1, -0.05) is 39.1 Å². The molecule has 0 atom stereocenters. The molecule has 0 bridgehead atoms. The Kier molecular flexibility index (Phi) is 6.69. The van der Waals surface area contributed by atoms with Crippen LogP contribution in [0.5, 0.6) is 0 Å². The van der Waals surface area contributed by atoms with E-state index in [4.69, 9.17) is 27.6 Å². The molecule has 4 rings (SSSR count). The molecular formula is C23H18BrCl2N3O3. The summed E-state index contributed by atoms with van der Waals surface area (Å²) in [5, 5.41) is 7.94. The molecule has 1 aromatic heterocycles. The van der Waals surface area contributed by atoms with Crippen LogP contribution in [0, 0.1) is 6.92 Å². The SMILES string of the molecule is Cc1c(C(=O)Nc2cc(Cl)cc(Cl)c2)oc2c1/C(=N/NC(=O)c1ccc(Br)cc1)CCC2. The van der Waals surface area contributed by atoms with Crippen molar-refractivity contribution in [3.05, 3.63) is 85.2 Å². The fraction of sp³-hybridized carbons (Fsp3) is 0.174. The molecule has 2 amide bonds. The summed E-state index contributed by atoms with van der Waals surface area (Å²) in [6.07, 6.45) is 2.16. The summed E-state index contributed by atoms with van der Waals surface area (Å²) in [6.45, 7) is 1.81. The zero-order valence-electron chi connectivity index (χ0n) is 17.0. The van der Waals surface area contributed by atoms with Crippen molar-refractivity contribution in [2.45, 2.75) is 26.2 Å². The average Bonchev–Trinajstić information content (AvgIpc) is 3.09. The zero-order chi connectivity index (χ0) is 22.8. The fourth-order valence-corrected chi connectivity index (χ4v) is 4.38. The highest BCUT2D eigenvalue weighted by molar-refractivity contribution is 9.10. The summed E-state index contributed by atoms with van der Waals surface area (Å²) in [6, 6.07) is 11.8. The van der Waals surface area contributed by atoms with E-state index in [9.17, 15) is 9.59 Å². The second-order valence-electron chi connectivity index (χ2n) is 7.33. The highest BCUT2D eigenvalue weighted by Gasteiger charge is 2.28. The smallest absolute Gasteiger partial charge is 0.291 e. The van der Waals surface area contributed by atoms with Crippen LogP contribution in [0.3, 0.4) is 0 Å². The Labute approximate surface area is 203 Å². The Hall–Kier alpha value is -2.61. The van der Waals surface area contributed by atoms with Gasteiger partial charge in [0.05, 0.1) is 5.71 Å². The number of furan rings is 1. The Morgan fingerprint density at radius 3 is 2.41 bits per heavy atom. The van der Waals surface area contributed by atoms with Crippen LogP contribution < -0.4 is 10.7 Å². The summed E-state index contributed by atoms with van der Waals surface area (Å²) >= 11 is 15.4. The number of hydrazone groups is 1. The molecule has 164 valence electrons. The van der Waals surface area contributed by atoms with Crippen molar-refractivity contribution in [3.8, 4) is 0 Å². The maximum atomic E-state index is 12.9. The molecule has 2 aromatic carbocycles. The van der Waals surface area contributed by atoms with Crippen LogP contribution in [0.2, 0.25) is 10.0 Å². The maximum Gasteiger partial charge on any atom is 0.291 e. The van der Waals surface area contributed by atoms with Gasteiger partial charge in [-0.05, 0) is 62.2 Å². The summed E-state index contributed by atoms with van der Waals surface area (Å²) in [5.41, 5.74) is 5.69. The molecule has 2 N–H and O–H groups in total. The second kappa shape index (κ2) is 9.48. The number of hydrogen-bond acceptors (Lipinski definition) is 4. The molecule has 6 nitrogen and oxygen atoms in total. The first-order valence-corrected chi connectivity index (χ1v) is 11.4. The van der Waals surface area contributed by atoms with Gasteiger partial charge in [-0.15, -0.1) is 0 Å². The van der Waals surface area contributed by atoms with Crippen molar-refractivity contribution in [2.75, 3.05) is 5.32 Å². The molecule has 0 saturated carbocycles. The number of fused-ring (bicyclic) bond motifs is 1. The van der Waals surface area contributed by atoms with Crippen molar-refractivity contribution in [1.82, 2.24) is 5.43 Å². The molecule has 0 saturated heterocycles. The summed E-state index contributed by atoms with van der Waals surface area (Å²) in [7, 11) is 0. The van der Waals surface area contributed by atoms with Crippen LogP contribution in [0.4, 0.5) is 5.69 Å². The molecule has 1 aliphatic rings. The van der Waals surface area contributed by atoms with Crippen LogP contribution in [0.1, 0.15) is 50.6 Å². The molecule has 32 heavy (non-hydrogen) atoms. The topological polar surface area (TPSA) is 83.7 Å². The van der Waals surface area contributed by atoms with E-state index >= 15 is 0 Å². The number of aryl methyl sites for hydroxylation is 1. The zero-order valence-corrected chi connectivity index (χ0v) is 20.1. The van der Waals surface area contributed by atoms with Gasteiger partial charge >= 0.3 is 0 Å². The molecular weight excluding hydrogens is 517 g/mol. The van der Waals surface area contributed by atoms with Crippen molar-refractivity contribution >= 4 is 62.3 Å². The van der Waals surface area contributed by atoms with Gasteiger partial charge in [0.1, 0.15) is 5.76 Å². The molecule has 1 aliphatic carbocycles. The first-order valence-electron chi connectivity index (χ1n) is 9.84. The number of carbonyl (C=O) groups is 2. The van der Waals surface area contributed by atoms with E-state index in [0.29, 0.717) is 51.2 Å². The lowest BCUT2D eigenvalue weighted by Gasteiger charge is -2.13. The van der Waals surface area contributed by atoms with Crippen molar-refractivity contribution in [3.63, 3.8) is 0 Å². The number of nitrogens with one attached hydrogen (secondary N) is 2. The number of nitrogens with zero attached hydrogens (tertiary/aromatic N) is 1. The molecule has 1 heterocycles. The third-order valence-corrected chi connectivity index (χ3v) is 6.02. The van der Waals surface area contributed by atoms with Gasteiger partial charge in [-0.3, -0.25) is 9.59 Å². The number of benzene rings is 2. The Morgan fingerprint density at radius 2 is 1.72 bits per heavy atom. The molecule has 3 aromatic rings. The van der Waals surface area contributed by atoms with Crippen LogP contribution in [-0.2, 0) is 6.42 Å². The van der Waals surface area contributed by atoms with Crippen molar-refractivity contribution < 1.29 is 14.0 Å². The van der Waals surface area contributed by atoms with Crippen LogP contribution >= 0.6 is 39.1 Å². The summed E-state index contributed by atoms with van der Waals surface area (Å²) in [5.74, 6) is 0.155. The molecule has 9 heteroatoms. The normalized spacial score (nSPS) is 14.2. The minimum absolute atomic E-state index is 0.194. The van der Waals surface area contributed by atoms with Gasteiger partial charge in [0.25, 0.3) is 11.8 Å². The first kappa shape index (κ1) is 22.6. The van der Waals surface area contributed by atoms with Crippen molar-refractivity contribution in [1.29, 1.82) is 0 Å². The summed E-state index contributed by atoms with van der Waals surface area (Å²) < 4.78 is 6.78. The minimum Gasteiger partial charge on any atom is -0.455 e. The van der Waals surface area contributed by atoms with Crippen LogP contribution in [0.15, 0.2) is 56.5 Å². The average molecular weight is 535 g/mol. The van der Waals surface area contributed by atoms with E-state index in [-0.39, 0.29) is 11.7 Å². The van der Waals surface area contributed by atoms with E-state index < -0.39 is 5.91 Å². The van der Waals surface area contributed by atoms with Crippen LogP contribution in [0.25, 0.3) is 0 Å². The molecule has 0 unspecified atom stereocenters. The van der Waals surface area contributed by atoms with Gasteiger partial charge in [-0.2, -0.15) is 5.10 Å². The fourth-order valence-electron chi connectivity index (χ4n) is 3.59. The number of amides is 2. The Morgan fingerprint density at radius 1 is 1.03 bits per heavy atom. The van der Waals surface area contributed by atoms with Gasteiger partial charge in [0, 0.05) is 43.3 Å². The Balaban J connectivity index is 1.57. The lowest BCUT2D eigenvalue weighted by Crippen LogP contribution is -2.22. The lowest BCUT2D eigenvalue weighted by molar-refractivity contribution is 0.0953. The first-order chi connectivity index (χ1) is 15.3. The monoisotopic (exact) mass is 533 g/mol. The van der Waals surface area contributed by atoms with Gasteiger partial charge < -0.3 is 9.73 Å². The predicted octanol–water partition coefficient (Wildman–Crippen LogP) is 6.38.